The summed E-state index contributed by atoms with van der Waals surface area (Å²) in [6, 6.07) is 22.5. The van der Waals surface area contributed by atoms with Crippen molar-refractivity contribution in [2.75, 3.05) is 37.4 Å². The van der Waals surface area contributed by atoms with Crippen LogP contribution >= 0.6 is 0 Å². The first-order valence-electron chi connectivity index (χ1n) is 12.6. The van der Waals surface area contributed by atoms with E-state index in [4.69, 9.17) is 0 Å². The zero-order valence-corrected chi connectivity index (χ0v) is 21.7. The average molecular weight is 533 g/mol. The molecule has 1 aliphatic heterocycles. The van der Waals surface area contributed by atoms with Crippen LogP contribution in [-0.2, 0) is 16.4 Å². The Kier molecular flexibility index (Phi) is 7.67. The van der Waals surface area contributed by atoms with E-state index in [0.29, 0.717) is 24.0 Å². The average Bonchev–Trinajstić information content (AvgIpc) is 2.94. The molecule has 0 bridgehead atoms. The third-order valence-electron chi connectivity index (χ3n) is 6.79. The molecule has 9 heteroatoms. The van der Waals surface area contributed by atoms with Gasteiger partial charge in [-0.05, 0) is 55.3 Å². The van der Waals surface area contributed by atoms with Crippen LogP contribution < -0.4 is 4.72 Å². The number of sulfonamides is 1. The molecule has 7 nitrogen and oxygen atoms in total. The Morgan fingerprint density at radius 1 is 0.921 bits per heavy atom. The minimum absolute atomic E-state index is 0.0446. The van der Waals surface area contributed by atoms with Crippen LogP contribution in [0.4, 0.5) is 10.1 Å². The number of carbonyl (C=O) groups excluding carboxylic acids is 1. The monoisotopic (exact) mass is 532 g/mol. The smallest absolute Gasteiger partial charge is 0.264 e. The molecule has 1 aliphatic rings. The second kappa shape index (κ2) is 11.3. The minimum Gasteiger partial charge on any atom is -0.336 e. The van der Waals surface area contributed by atoms with Gasteiger partial charge in [0.25, 0.3) is 15.9 Å². The number of hydrogen-bond acceptors (Lipinski definition) is 5. The molecule has 1 amide bonds. The number of benzene rings is 3. The van der Waals surface area contributed by atoms with E-state index in [0.717, 1.165) is 38.5 Å². The van der Waals surface area contributed by atoms with Gasteiger partial charge >= 0.3 is 0 Å². The molecule has 1 N–H and O–H groups in total. The predicted octanol–water partition coefficient (Wildman–Crippen LogP) is 4.57. The summed E-state index contributed by atoms with van der Waals surface area (Å²) in [5.74, 6) is -1.08. The van der Waals surface area contributed by atoms with Gasteiger partial charge in [0.1, 0.15) is 10.7 Å². The third-order valence-corrected chi connectivity index (χ3v) is 8.18. The van der Waals surface area contributed by atoms with Crippen LogP contribution in [0.3, 0.4) is 0 Å². The molecule has 38 heavy (non-hydrogen) atoms. The molecule has 196 valence electrons. The number of aryl methyl sites for hydroxylation is 1. The molecule has 1 aromatic heterocycles. The van der Waals surface area contributed by atoms with Crippen molar-refractivity contribution in [1.29, 1.82) is 0 Å². The van der Waals surface area contributed by atoms with Gasteiger partial charge in [-0.2, -0.15) is 0 Å². The number of carbonyl (C=O) groups is 1. The number of fused-ring (bicyclic) bond motifs is 1. The van der Waals surface area contributed by atoms with Crippen molar-refractivity contribution in [3.63, 3.8) is 0 Å². The molecule has 1 fully saturated rings. The number of piperazine rings is 1. The highest BCUT2D eigenvalue weighted by atomic mass is 32.2. The Morgan fingerprint density at radius 3 is 2.45 bits per heavy atom. The largest absolute Gasteiger partial charge is 0.336 e. The van der Waals surface area contributed by atoms with Gasteiger partial charge in [-0.1, -0.05) is 48.5 Å². The van der Waals surface area contributed by atoms with Crippen LogP contribution in [0, 0.1) is 5.82 Å². The molecule has 0 spiro atoms. The summed E-state index contributed by atoms with van der Waals surface area (Å²) >= 11 is 0. The van der Waals surface area contributed by atoms with Crippen LogP contribution in [-0.4, -0.2) is 61.8 Å². The molecule has 3 aromatic carbocycles. The van der Waals surface area contributed by atoms with Gasteiger partial charge in [-0.25, -0.2) is 12.8 Å². The standard InChI is InChI=1S/C29H29FN4O3S/c30-25-21-24(29(35)34-19-17-33(18-20-34)16-6-9-22-7-2-1-3-8-22)13-14-26(25)32-38(36,37)27-12-4-10-23-11-5-15-31-28(23)27/h1-5,7-8,10-15,21,32H,6,9,16-20H2. The van der Waals surface area contributed by atoms with Gasteiger partial charge < -0.3 is 4.90 Å². The van der Waals surface area contributed by atoms with E-state index in [1.54, 1.807) is 29.2 Å². The molecule has 4 aromatic rings. The highest BCUT2D eigenvalue weighted by molar-refractivity contribution is 7.93. The lowest BCUT2D eigenvalue weighted by Crippen LogP contribution is -2.48. The molecular formula is C29H29FN4O3S. The number of amides is 1. The number of rotatable bonds is 8. The summed E-state index contributed by atoms with van der Waals surface area (Å²) < 4.78 is 43.3. The highest BCUT2D eigenvalue weighted by Crippen LogP contribution is 2.25. The topological polar surface area (TPSA) is 82.6 Å². The lowest BCUT2D eigenvalue weighted by atomic mass is 10.1. The second-order valence-electron chi connectivity index (χ2n) is 9.35. The third kappa shape index (κ3) is 5.84. The van der Waals surface area contributed by atoms with E-state index in [1.165, 1.54) is 30.0 Å². The van der Waals surface area contributed by atoms with Crippen LogP contribution in [0.5, 0.6) is 0 Å². The van der Waals surface area contributed by atoms with Crippen LogP contribution in [0.15, 0.2) is 90.0 Å². The lowest BCUT2D eigenvalue weighted by molar-refractivity contribution is 0.0635. The number of pyridine rings is 1. The van der Waals surface area contributed by atoms with E-state index in [-0.39, 0.29) is 22.1 Å². The molecular weight excluding hydrogens is 503 g/mol. The molecule has 5 rings (SSSR count). The molecule has 1 saturated heterocycles. The maximum atomic E-state index is 15.0. The first-order chi connectivity index (χ1) is 18.4. The van der Waals surface area contributed by atoms with Crippen LogP contribution in [0.25, 0.3) is 10.9 Å². The Morgan fingerprint density at radius 2 is 1.68 bits per heavy atom. The lowest BCUT2D eigenvalue weighted by Gasteiger charge is -2.34. The van der Waals surface area contributed by atoms with Crippen molar-refractivity contribution >= 4 is 32.5 Å². The van der Waals surface area contributed by atoms with Crippen LogP contribution in [0.1, 0.15) is 22.3 Å². The molecule has 0 saturated carbocycles. The van der Waals surface area contributed by atoms with Gasteiger partial charge in [0.05, 0.1) is 11.2 Å². The quantitative estimate of drug-likeness (QED) is 0.360. The minimum atomic E-state index is -4.10. The van der Waals surface area contributed by atoms with Crippen molar-refractivity contribution in [1.82, 2.24) is 14.8 Å². The van der Waals surface area contributed by atoms with Crippen molar-refractivity contribution in [2.45, 2.75) is 17.7 Å². The number of hydrogen-bond donors (Lipinski definition) is 1. The maximum absolute atomic E-state index is 15.0. The second-order valence-corrected chi connectivity index (χ2v) is 11.0. The van der Waals surface area contributed by atoms with Gasteiger partial charge in [0.15, 0.2) is 0 Å². The maximum Gasteiger partial charge on any atom is 0.264 e. The fourth-order valence-corrected chi connectivity index (χ4v) is 5.98. The number of nitrogens with zero attached hydrogens (tertiary/aromatic N) is 3. The first-order valence-corrected chi connectivity index (χ1v) is 14.1. The Balaban J connectivity index is 1.19. The van der Waals surface area contributed by atoms with E-state index < -0.39 is 15.8 Å². The fraction of sp³-hybridized carbons (Fsp3) is 0.241. The molecule has 0 atom stereocenters. The van der Waals surface area contributed by atoms with Crippen molar-refractivity contribution < 1.29 is 17.6 Å². The van der Waals surface area contributed by atoms with E-state index in [1.807, 2.05) is 18.2 Å². The summed E-state index contributed by atoms with van der Waals surface area (Å²) in [5, 5.41) is 0.660. The summed E-state index contributed by atoms with van der Waals surface area (Å²) in [6.45, 7) is 3.62. The number of halogens is 1. The summed E-state index contributed by atoms with van der Waals surface area (Å²) in [7, 11) is -4.10. The fourth-order valence-electron chi connectivity index (χ4n) is 4.73. The summed E-state index contributed by atoms with van der Waals surface area (Å²) in [6.07, 6.45) is 3.58. The first kappa shape index (κ1) is 25.8. The molecule has 0 unspecified atom stereocenters. The zero-order chi connectivity index (χ0) is 26.5. The predicted molar refractivity (Wildman–Crippen MR) is 146 cm³/mol. The zero-order valence-electron chi connectivity index (χ0n) is 20.9. The van der Waals surface area contributed by atoms with E-state index in [2.05, 4.69) is 26.7 Å². The number of aromatic nitrogens is 1. The van der Waals surface area contributed by atoms with Crippen molar-refractivity contribution in [2.24, 2.45) is 0 Å². The number of nitrogens with one attached hydrogen (secondary N) is 1. The van der Waals surface area contributed by atoms with E-state index in [9.17, 15) is 17.6 Å². The molecule has 0 aliphatic carbocycles. The SMILES string of the molecule is O=C(c1ccc(NS(=O)(=O)c2cccc3cccnc23)c(F)c1)N1CCN(CCCc2ccccc2)CC1. The van der Waals surface area contributed by atoms with Gasteiger partial charge in [0.2, 0.25) is 0 Å². The van der Waals surface area contributed by atoms with Crippen molar-refractivity contribution in [3.05, 3.63) is 102 Å². The van der Waals surface area contributed by atoms with Crippen LogP contribution in [0.2, 0.25) is 0 Å². The van der Waals surface area contributed by atoms with Gasteiger partial charge in [-0.3, -0.25) is 19.4 Å². The normalized spacial score (nSPS) is 14.5. The van der Waals surface area contributed by atoms with E-state index >= 15 is 0 Å². The summed E-state index contributed by atoms with van der Waals surface area (Å²) in [5.41, 5.74) is 1.59. The summed E-state index contributed by atoms with van der Waals surface area (Å²) in [4.78, 5) is 21.2. The molecule has 2 heterocycles. The van der Waals surface area contributed by atoms with Gasteiger partial charge in [0, 0.05) is 43.3 Å². The number of anilines is 1. The Labute approximate surface area is 222 Å². The highest BCUT2D eigenvalue weighted by Gasteiger charge is 2.24. The Bertz CT molecular complexity index is 1530. The molecule has 0 radical (unpaired) electrons. The Hall–Kier alpha value is -3.82. The van der Waals surface area contributed by atoms with Gasteiger partial charge in [-0.15, -0.1) is 0 Å². The van der Waals surface area contributed by atoms with Crippen molar-refractivity contribution in [3.8, 4) is 0 Å². The number of para-hydroxylation sites is 1.